The lowest BCUT2D eigenvalue weighted by atomic mass is 10.1. The zero-order valence-corrected chi connectivity index (χ0v) is 17.9. The molecule has 1 aliphatic rings. The van der Waals surface area contributed by atoms with Crippen molar-refractivity contribution in [3.63, 3.8) is 0 Å². The predicted molar refractivity (Wildman–Crippen MR) is 113 cm³/mol. The first-order chi connectivity index (χ1) is 13.3. The number of carbonyl (C=O) groups is 1. The topological polar surface area (TPSA) is 66.5 Å². The average molecular weight is 441 g/mol. The van der Waals surface area contributed by atoms with Crippen molar-refractivity contribution in [2.45, 2.75) is 37.5 Å². The molecule has 1 fully saturated rings. The minimum atomic E-state index is -3.56. The molecule has 1 N–H and O–H groups in total. The van der Waals surface area contributed by atoms with Crippen LogP contribution in [0.15, 0.2) is 41.3 Å². The van der Waals surface area contributed by atoms with E-state index in [1.807, 2.05) is 6.92 Å². The second-order valence-corrected chi connectivity index (χ2v) is 9.67. The van der Waals surface area contributed by atoms with E-state index in [4.69, 9.17) is 23.2 Å². The lowest BCUT2D eigenvalue weighted by Gasteiger charge is -2.26. The molecule has 1 heterocycles. The van der Waals surface area contributed by atoms with Crippen LogP contribution in [-0.2, 0) is 21.2 Å². The van der Waals surface area contributed by atoms with E-state index in [-0.39, 0.29) is 17.2 Å². The van der Waals surface area contributed by atoms with Crippen LogP contribution >= 0.6 is 23.2 Å². The first-order valence-corrected chi connectivity index (χ1v) is 11.3. The maximum absolute atomic E-state index is 12.9. The Bertz CT molecular complexity index is 987. The average Bonchev–Trinajstić information content (AvgIpc) is 2.67. The van der Waals surface area contributed by atoms with E-state index in [1.165, 1.54) is 10.4 Å². The Balaban J connectivity index is 1.77. The van der Waals surface area contributed by atoms with Gasteiger partial charge in [0.05, 0.1) is 21.4 Å². The largest absolute Gasteiger partial charge is 0.326 e. The molecule has 2 aromatic carbocycles. The van der Waals surface area contributed by atoms with E-state index in [2.05, 4.69) is 5.32 Å². The standard InChI is InChI=1S/C20H22Cl2N2O3S/c1-14-5-7-16(28(26,27)24-9-3-2-4-10-24)13-19(14)23-20(25)12-15-6-8-17(21)18(22)11-15/h5-8,11,13H,2-4,9-10,12H2,1H3,(H,23,25). The Morgan fingerprint density at radius 2 is 1.75 bits per heavy atom. The second kappa shape index (κ2) is 8.82. The Morgan fingerprint density at radius 1 is 1.04 bits per heavy atom. The zero-order chi connectivity index (χ0) is 20.3. The molecule has 1 saturated heterocycles. The summed E-state index contributed by atoms with van der Waals surface area (Å²) in [5.41, 5.74) is 2.00. The van der Waals surface area contributed by atoms with Crippen molar-refractivity contribution in [2.75, 3.05) is 18.4 Å². The Morgan fingerprint density at radius 3 is 2.43 bits per heavy atom. The normalized spacial score (nSPS) is 15.4. The number of rotatable bonds is 5. The molecule has 0 unspecified atom stereocenters. The molecule has 28 heavy (non-hydrogen) atoms. The molecule has 3 rings (SSSR count). The summed E-state index contributed by atoms with van der Waals surface area (Å²) >= 11 is 11.9. The van der Waals surface area contributed by atoms with E-state index >= 15 is 0 Å². The number of hydrogen-bond acceptors (Lipinski definition) is 3. The summed E-state index contributed by atoms with van der Waals surface area (Å²) in [7, 11) is -3.56. The predicted octanol–water partition coefficient (Wildman–Crippen LogP) is 4.66. The molecular weight excluding hydrogens is 419 g/mol. The van der Waals surface area contributed by atoms with Crippen molar-refractivity contribution in [2.24, 2.45) is 0 Å². The van der Waals surface area contributed by atoms with Gasteiger partial charge in [-0.25, -0.2) is 8.42 Å². The Hall–Kier alpha value is -1.60. The van der Waals surface area contributed by atoms with Gasteiger partial charge in [0.25, 0.3) is 0 Å². The van der Waals surface area contributed by atoms with Gasteiger partial charge in [0, 0.05) is 18.8 Å². The third-order valence-corrected chi connectivity index (χ3v) is 7.42. The molecule has 0 spiro atoms. The number of carbonyl (C=O) groups excluding carboxylic acids is 1. The number of nitrogens with zero attached hydrogens (tertiary/aromatic N) is 1. The smallest absolute Gasteiger partial charge is 0.243 e. The van der Waals surface area contributed by atoms with Gasteiger partial charge in [0.2, 0.25) is 15.9 Å². The number of hydrogen-bond donors (Lipinski definition) is 1. The number of piperidine rings is 1. The van der Waals surface area contributed by atoms with Gasteiger partial charge >= 0.3 is 0 Å². The summed E-state index contributed by atoms with van der Waals surface area (Å²) < 4.78 is 27.3. The van der Waals surface area contributed by atoms with Crippen molar-refractivity contribution >= 4 is 44.8 Å². The van der Waals surface area contributed by atoms with Crippen LogP contribution in [0.4, 0.5) is 5.69 Å². The first-order valence-electron chi connectivity index (χ1n) is 9.12. The van der Waals surface area contributed by atoms with Crippen LogP contribution in [0, 0.1) is 6.92 Å². The summed E-state index contributed by atoms with van der Waals surface area (Å²) in [4.78, 5) is 12.6. The quantitative estimate of drug-likeness (QED) is 0.734. The third-order valence-electron chi connectivity index (χ3n) is 4.78. The van der Waals surface area contributed by atoms with Crippen LogP contribution in [-0.4, -0.2) is 31.7 Å². The molecule has 0 saturated carbocycles. The molecule has 0 atom stereocenters. The van der Waals surface area contributed by atoms with Crippen molar-refractivity contribution in [1.82, 2.24) is 4.31 Å². The van der Waals surface area contributed by atoms with Crippen LogP contribution in [0.1, 0.15) is 30.4 Å². The van der Waals surface area contributed by atoms with Crippen LogP contribution in [0.3, 0.4) is 0 Å². The summed E-state index contributed by atoms with van der Waals surface area (Å²) in [5.74, 6) is -0.256. The molecule has 2 aromatic rings. The highest BCUT2D eigenvalue weighted by Gasteiger charge is 2.26. The molecule has 1 aliphatic heterocycles. The number of amides is 1. The van der Waals surface area contributed by atoms with Crippen LogP contribution in [0.5, 0.6) is 0 Å². The van der Waals surface area contributed by atoms with Gasteiger partial charge in [-0.3, -0.25) is 4.79 Å². The summed E-state index contributed by atoms with van der Waals surface area (Å²) in [6.07, 6.45) is 2.91. The van der Waals surface area contributed by atoms with E-state index in [9.17, 15) is 13.2 Å². The maximum atomic E-state index is 12.9. The summed E-state index contributed by atoms with van der Waals surface area (Å²) in [6, 6.07) is 9.86. The molecule has 8 heteroatoms. The van der Waals surface area contributed by atoms with Crippen molar-refractivity contribution in [3.8, 4) is 0 Å². The SMILES string of the molecule is Cc1ccc(S(=O)(=O)N2CCCCC2)cc1NC(=O)Cc1ccc(Cl)c(Cl)c1. The first kappa shape index (κ1) is 21.1. The van der Waals surface area contributed by atoms with Crippen LogP contribution in [0.25, 0.3) is 0 Å². The van der Waals surface area contributed by atoms with Crippen molar-refractivity contribution in [1.29, 1.82) is 0 Å². The summed E-state index contributed by atoms with van der Waals surface area (Å²) in [5, 5.41) is 3.63. The van der Waals surface area contributed by atoms with E-state index in [0.29, 0.717) is 28.8 Å². The Kier molecular flexibility index (Phi) is 6.65. The van der Waals surface area contributed by atoms with Crippen molar-refractivity contribution in [3.05, 3.63) is 57.6 Å². The summed E-state index contributed by atoms with van der Waals surface area (Å²) in [6.45, 7) is 2.90. The number of nitrogens with one attached hydrogen (secondary N) is 1. The highest BCUT2D eigenvalue weighted by molar-refractivity contribution is 7.89. The molecule has 0 aromatic heterocycles. The van der Waals surface area contributed by atoms with Gasteiger partial charge in [-0.15, -0.1) is 0 Å². The second-order valence-electron chi connectivity index (χ2n) is 6.91. The molecule has 0 bridgehead atoms. The van der Waals surface area contributed by atoms with Gasteiger partial charge in [-0.2, -0.15) is 4.31 Å². The third kappa shape index (κ3) is 4.87. The zero-order valence-electron chi connectivity index (χ0n) is 15.5. The molecular formula is C20H22Cl2N2O3S. The number of anilines is 1. The molecule has 5 nitrogen and oxygen atoms in total. The minimum Gasteiger partial charge on any atom is -0.326 e. The number of aryl methyl sites for hydroxylation is 1. The number of benzene rings is 2. The lowest BCUT2D eigenvalue weighted by Crippen LogP contribution is -2.35. The van der Waals surface area contributed by atoms with Gasteiger partial charge in [0.1, 0.15) is 0 Å². The van der Waals surface area contributed by atoms with Gasteiger partial charge < -0.3 is 5.32 Å². The fourth-order valence-electron chi connectivity index (χ4n) is 3.18. The van der Waals surface area contributed by atoms with Gasteiger partial charge in [-0.05, 0) is 55.2 Å². The fourth-order valence-corrected chi connectivity index (χ4v) is 5.04. The Labute approximate surface area is 175 Å². The highest BCUT2D eigenvalue weighted by Crippen LogP contribution is 2.26. The number of sulfonamides is 1. The van der Waals surface area contributed by atoms with E-state index in [0.717, 1.165) is 30.4 Å². The molecule has 0 aliphatic carbocycles. The lowest BCUT2D eigenvalue weighted by molar-refractivity contribution is -0.115. The molecule has 0 radical (unpaired) electrons. The van der Waals surface area contributed by atoms with Crippen LogP contribution < -0.4 is 5.32 Å². The minimum absolute atomic E-state index is 0.111. The fraction of sp³-hybridized carbons (Fsp3) is 0.350. The van der Waals surface area contributed by atoms with E-state index < -0.39 is 10.0 Å². The maximum Gasteiger partial charge on any atom is 0.243 e. The highest BCUT2D eigenvalue weighted by atomic mass is 35.5. The van der Waals surface area contributed by atoms with Crippen molar-refractivity contribution < 1.29 is 13.2 Å². The molecule has 150 valence electrons. The van der Waals surface area contributed by atoms with E-state index in [1.54, 1.807) is 30.3 Å². The monoisotopic (exact) mass is 440 g/mol. The van der Waals surface area contributed by atoms with Gasteiger partial charge in [0.15, 0.2) is 0 Å². The van der Waals surface area contributed by atoms with Crippen LogP contribution in [0.2, 0.25) is 10.0 Å². The number of halogens is 2. The van der Waals surface area contributed by atoms with Gasteiger partial charge in [-0.1, -0.05) is 41.8 Å². The molecule has 1 amide bonds.